The number of rotatable bonds is 4. The van der Waals surface area contributed by atoms with Crippen LogP contribution in [-0.4, -0.2) is 40.0 Å². The van der Waals surface area contributed by atoms with Gasteiger partial charge in [0.05, 0.1) is 10.5 Å². The molecule has 104 valence electrons. The maximum atomic E-state index is 13.4. The SMILES string of the molecule is CN(CC(C)(C)O)C(=O)c1ccc([N+](=O)[O-])c(F)c1. The summed E-state index contributed by atoms with van der Waals surface area (Å²) in [6, 6.07) is 2.95. The van der Waals surface area contributed by atoms with Gasteiger partial charge in [0.1, 0.15) is 0 Å². The third-order valence-electron chi connectivity index (χ3n) is 2.36. The molecule has 0 fully saturated rings. The Kier molecular flexibility index (Phi) is 4.21. The van der Waals surface area contributed by atoms with Crippen LogP contribution in [0.15, 0.2) is 18.2 Å². The highest BCUT2D eigenvalue weighted by atomic mass is 19.1. The number of halogens is 1. The fourth-order valence-corrected chi connectivity index (χ4v) is 1.66. The molecule has 0 radical (unpaired) electrons. The van der Waals surface area contributed by atoms with Crippen LogP contribution in [0.2, 0.25) is 0 Å². The Morgan fingerprint density at radius 2 is 2.11 bits per heavy atom. The summed E-state index contributed by atoms with van der Waals surface area (Å²) in [5, 5.41) is 20.1. The van der Waals surface area contributed by atoms with E-state index in [2.05, 4.69) is 0 Å². The molecule has 1 rings (SSSR count). The minimum absolute atomic E-state index is 0.00477. The highest BCUT2D eigenvalue weighted by Gasteiger charge is 2.22. The average Bonchev–Trinajstić information content (AvgIpc) is 2.24. The quantitative estimate of drug-likeness (QED) is 0.665. The standard InChI is InChI=1S/C12H15FN2O4/c1-12(2,17)7-14(3)11(16)8-4-5-10(15(18)19)9(13)6-8/h4-6,17H,7H2,1-3H3. The zero-order chi connectivity index (χ0) is 14.8. The van der Waals surface area contributed by atoms with Crippen molar-refractivity contribution in [3.63, 3.8) is 0 Å². The fourth-order valence-electron chi connectivity index (χ4n) is 1.66. The van der Waals surface area contributed by atoms with E-state index in [1.165, 1.54) is 31.9 Å². The van der Waals surface area contributed by atoms with E-state index in [0.717, 1.165) is 12.1 Å². The first kappa shape index (κ1) is 15.0. The molecular weight excluding hydrogens is 255 g/mol. The summed E-state index contributed by atoms with van der Waals surface area (Å²) < 4.78 is 13.4. The molecular formula is C12H15FN2O4. The van der Waals surface area contributed by atoms with Crippen molar-refractivity contribution in [2.24, 2.45) is 0 Å². The van der Waals surface area contributed by atoms with Crippen LogP contribution in [-0.2, 0) is 0 Å². The van der Waals surface area contributed by atoms with Gasteiger partial charge in [0, 0.05) is 25.2 Å². The van der Waals surface area contributed by atoms with Gasteiger partial charge in [-0.15, -0.1) is 0 Å². The molecule has 0 atom stereocenters. The van der Waals surface area contributed by atoms with Crippen molar-refractivity contribution in [2.75, 3.05) is 13.6 Å². The van der Waals surface area contributed by atoms with Gasteiger partial charge in [-0.1, -0.05) is 0 Å². The molecule has 6 nitrogen and oxygen atoms in total. The van der Waals surface area contributed by atoms with Crippen molar-refractivity contribution in [3.8, 4) is 0 Å². The van der Waals surface area contributed by atoms with Crippen LogP contribution in [0, 0.1) is 15.9 Å². The largest absolute Gasteiger partial charge is 0.389 e. The second kappa shape index (κ2) is 5.31. The number of nitro groups is 1. The van der Waals surface area contributed by atoms with E-state index in [0.29, 0.717) is 0 Å². The van der Waals surface area contributed by atoms with Gasteiger partial charge in [-0.2, -0.15) is 4.39 Å². The number of carbonyl (C=O) groups is 1. The third-order valence-corrected chi connectivity index (χ3v) is 2.36. The van der Waals surface area contributed by atoms with E-state index in [9.17, 15) is 24.4 Å². The minimum atomic E-state index is -1.08. The molecule has 0 heterocycles. The van der Waals surface area contributed by atoms with E-state index in [1.807, 2.05) is 0 Å². The fraction of sp³-hybridized carbons (Fsp3) is 0.417. The van der Waals surface area contributed by atoms with Crippen LogP contribution >= 0.6 is 0 Å². The van der Waals surface area contributed by atoms with E-state index in [4.69, 9.17) is 0 Å². The Hall–Kier alpha value is -2.02. The molecule has 0 spiro atoms. The maximum Gasteiger partial charge on any atom is 0.304 e. The minimum Gasteiger partial charge on any atom is -0.389 e. The summed E-state index contributed by atoms with van der Waals surface area (Å²) >= 11 is 0. The molecule has 0 saturated carbocycles. The summed E-state index contributed by atoms with van der Waals surface area (Å²) in [6.45, 7) is 3.13. The van der Waals surface area contributed by atoms with Crippen LogP contribution in [0.4, 0.5) is 10.1 Å². The molecule has 0 bridgehead atoms. The first-order valence-corrected chi connectivity index (χ1v) is 5.53. The van der Waals surface area contributed by atoms with Crippen molar-refractivity contribution < 1.29 is 19.2 Å². The Bertz CT molecular complexity index is 511. The molecule has 0 saturated heterocycles. The third kappa shape index (κ3) is 3.99. The number of nitro benzene ring substituents is 1. The lowest BCUT2D eigenvalue weighted by Gasteiger charge is -2.25. The Morgan fingerprint density at radius 3 is 2.53 bits per heavy atom. The summed E-state index contributed by atoms with van der Waals surface area (Å²) in [4.78, 5) is 22.8. The Balaban J connectivity index is 2.95. The number of benzene rings is 1. The molecule has 0 unspecified atom stereocenters. The number of likely N-dealkylation sites (N-methyl/N-ethyl adjacent to an activating group) is 1. The molecule has 1 amide bonds. The number of hydrogen-bond acceptors (Lipinski definition) is 4. The molecule has 1 aromatic carbocycles. The predicted molar refractivity (Wildman–Crippen MR) is 66.3 cm³/mol. The number of nitrogens with zero attached hydrogens (tertiary/aromatic N) is 2. The van der Waals surface area contributed by atoms with Crippen molar-refractivity contribution >= 4 is 11.6 Å². The topological polar surface area (TPSA) is 83.7 Å². The van der Waals surface area contributed by atoms with Crippen LogP contribution in [0.3, 0.4) is 0 Å². The number of aliphatic hydroxyl groups is 1. The van der Waals surface area contributed by atoms with Gasteiger partial charge >= 0.3 is 5.69 Å². The second-order valence-corrected chi connectivity index (χ2v) is 4.90. The lowest BCUT2D eigenvalue weighted by atomic mass is 10.1. The normalized spacial score (nSPS) is 11.2. The highest BCUT2D eigenvalue weighted by Crippen LogP contribution is 2.19. The van der Waals surface area contributed by atoms with Crippen LogP contribution in [0.5, 0.6) is 0 Å². The van der Waals surface area contributed by atoms with Crippen LogP contribution < -0.4 is 0 Å². The van der Waals surface area contributed by atoms with Gasteiger partial charge < -0.3 is 10.0 Å². The summed E-state index contributed by atoms with van der Waals surface area (Å²) in [5.74, 6) is -1.58. The molecule has 1 aromatic rings. The number of carbonyl (C=O) groups excluding carboxylic acids is 1. The van der Waals surface area contributed by atoms with Crippen molar-refractivity contribution in [3.05, 3.63) is 39.7 Å². The van der Waals surface area contributed by atoms with Crippen molar-refractivity contribution in [2.45, 2.75) is 19.4 Å². The smallest absolute Gasteiger partial charge is 0.304 e. The summed E-state index contributed by atoms with van der Waals surface area (Å²) in [7, 11) is 1.46. The first-order valence-electron chi connectivity index (χ1n) is 5.53. The zero-order valence-electron chi connectivity index (χ0n) is 10.9. The molecule has 0 aliphatic carbocycles. The predicted octanol–water partition coefficient (Wildman–Crippen LogP) is 1.58. The maximum absolute atomic E-state index is 13.4. The van der Waals surface area contributed by atoms with Gasteiger partial charge in [-0.3, -0.25) is 14.9 Å². The lowest BCUT2D eigenvalue weighted by molar-refractivity contribution is -0.387. The van der Waals surface area contributed by atoms with Crippen LogP contribution in [0.1, 0.15) is 24.2 Å². The monoisotopic (exact) mass is 270 g/mol. The van der Waals surface area contributed by atoms with Crippen LogP contribution in [0.25, 0.3) is 0 Å². The summed E-state index contributed by atoms with van der Waals surface area (Å²) in [5.41, 5.74) is -1.76. The van der Waals surface area contributed by atoms with Gasteiger partial charge in [-0.25, -0.2) is 0 Å². The molecule has 19 heavy (non-hydrogen) atoms. The van der Waals surface area contributed by atoms with Gasteiger partial charge in [0.2, 0.25) is 5.82 Å². The van der Waals surface area contributed by atoms with E-state index >= 15 is 0 Å². The van der Waals surface area contributed by atoms with Gasteiger partial charge in [0.25, 0.3) is 5.91 Å². The molecule has 0 aromatic heterocycles. The average molecular weight is 270 g/mol. The molecule has 0 aliphatic rings. The second-order valence-electron chi connectivity index (χ2n) is 4.90. The van der Waals surface area contributed by atoms with E-state index in [1.54, 1.807) is 0 Å². The Morgan fingerprint density at radius 1 is 1.53 bits per heavy atom. The highest BCUT2D eigenvalue weighted by molar-refractivity contribution is 5.94. The Labute approximate surface area is 109 Å². The number of amides is 1. The van der Waals surface area contributed by atoms with Gasteiger partial charge in [-0.05, 0) is 26.0 Å². The van der Waals surface area contributed by atoms with Crippen molar-refractivity contribution in [1.82, 2.24) is 4.90 Å². The van der Waals surface area contributed by atoms with E-state index < -0.39 is 27.9 Å². The molecule has 0 aliphatic heterocycles. The molecule has 7 heteroatoms. The first-order chi connectivity index (χ1) is 8.61. The summed E-state index contributed by atoms with van der Waals surface area (Å²) in [6.07, 6.45) is 0. The molecule has 1 N–H and O–H groups in total. The zero-order valence-corrected chi connectivity index (χ0v) is 10.9. The van der Waals surface area contributed by atoms with E-state index in [-0.39, 0.29) is 12.1 Å². The number of hydrogen-bond donors (Lipinski definition) is 1. The van der Waals surface area contributed by atoms with Crippen molar-refractivity contribution in [1.29, 1.82) is 0 Å². The lowest BCUT2D eigenvalue weighted by Crippen LogP contribution is -2.39. The van der Waals surface area contributed by atoms with Gasteiger partial charge in [0.15, 0.2) is 0 Å².